The topological polar surface area (TPSA) is 58.9 Å². The van der Waals surface area contributed by atoms with E-state index in [0.717, 1.165) is 25.7 Å². The molecule has 0 saturated heterocycles. The molecule has 122 valence electrons. The summed E-state index contributed by atoms with van der Waals surface area (Å²) < 4.78 is 10.8. The minimum absolute atomic E-state index is 0.350. The van der Waals surface area contributed by atoms with Gasteiger partial charge in [-0.1, -0.05) is 27.7 Å². The first-order valence-electron chi connectivity index (χ1n) is 7.93. The molecule has 0 amide bonds. The molecule has 0 aromatic rings. The van der Waals surface area contributed by atoms with E-state index in [9.17, 15) is 10.2 Å². The van der Waals surface area contributed by atoms with Crippen molar-refractivity contribution in [2.24, 2.45) is 11.8 Å². The molecule has 0 aromatic carbocycles. The quantitative estimate of drug-likeness (QED) is 0.512. The van der Waals surface area contributed by atoms with Crippen LogP contribution in [0.5, 0.6) is 0 Å². The van der Waals surface area contributed by atoms with Gasteiger partial charge in [0.25, 0.3) is 0 Å². The maximum atomic E-state index is 9.62. The molecule has 2 N–H and O–H groups in total. The summed E-state index contributed by atoms with van der Waals surface area (Å²) >= 11 is 0. The van der Waals surface area contributed by atoms with Crippen molar-refractivity contribution >= 4 is 0 Å². The lowest BCUT2D eigenvalue weighted by molar-refractivity contribution is 0.0124. The van der Waals surface area contributed by atoms with E-state index < -0.39 is 0 Å². The Balaban J connectivity index is 3.24. The molecule has 0 heterocycles. The second kappa shape index (κ2) is 12.6. The third-order valence-corrected chi connectivity index (χ3v) is 2.93. The summed E-state index contributed by atoms with van der Waals surface area (Å²) in [4.78, 5) is 0. The van der Waals surface area contributed by atoms with E-state index in [0.29, 0.717) is 38.3 Å². The smallest absolute Gasteiger partial charge is 0.0776 e. The lowest BCUT2D eigenvalue weighted by Crippen LogP contribution is -2.19. The number of hydrogen-bond acceptors (Lipinski definition) is 4. The van der Waals surface area contributed by atoms with Crippen LogP contribution in [0.1, 0.15) is 53.4 Å². The van der Waals surface area contributed by atoms with Crippen molar-refractivity contribution in [2.75, 3.05) is 26.4 Å². The maximum absolute atomic E-state index is 9.62. The van der Waals surface area contributed by atoms with E-state index in [1.54, 1.807) is 0 Å². The monoisotopic (exact) mass is 290 g/mol. The van der Waals surface area contributed by atoms with E-state index in [1.807, 2.05) is 0 Å². The van der Waals surface area contributed by atoms with Crippen LogP contribution in [0.2, 0.25) is 0 Å². The zero-order chi connectivity index (χ0) is 15.4. The molecule has 0 aliphatic rings. The predicted molar refractivity (Wildman–Crippen MR) is 81.8 cm³/mol. The molecule has 2 atom stereocenters. The number of aliphatic hydroxyl groups is 2. The standard InChI is InChI=1S/C16H34O4/c1-13(2)9-15(17)11-19-7-5-6-8-20-12-16(18)10-14(3)4/h13-18H,5-12H2,1-4H3. The van der Waals surface area contributed by atoms with Crippen LogP contribution in [0.15, 0.2) is 0 Å². The molecule has 0 bridgehead atoms. The van der Waals surface area contributed by atoms with Crippen molar-refractivity contribution in [3.8, 4) is 0 Å². The molecule has 2 unspecified atom stereocenters. The second-order valence-electron chi connectivity index (χ2n) is 6.42. The molecule has 0 spiro atoms. The highest BCUT2D eigenvalue weighted by atomic mass is 16.5. The Hall–Kier alpha value is -0.160. The fraction of sp³-hybridized carbons (Fsp3) is 1.00. The molecule has 0 aliphatic carbocycles. The molecule has 0 aromatic heterocycles. The molecule has 0 fully saturated rings. The average Bonchev–Trinajstić information content (AvgIpc) is 2.30. The molecule has 4 nitrogen and oxygen atoms in total. The van der Waals surface area contributed by atoms with Crippen LogP contribution >= 0.6 is 0 Å². The molecule has 0 radical (unpaired) electrons. The molecule has 20 heavy (non-hydrogen) atoms. The van der Waals surface area contributed by atoms with Gasteiger partial charge < -0.3 is 19.7 Å². The minimum atomic E-state index is -0.350. The number of hydrogen-bond donors (Lipinski definition) is 2. The Morgan fingerprint density at radius 2 is 1.05 bits per heavy atom. The summed E-state index contributed by atoms with van der Waals surface area (Å²) in [7, 11) is 0. The van der Waals surface area contributed by atoms with E-state index in [1.165, 1.54) is 0 Å². The summed E-state index contributed by atoms with van der Waals surface area (Å²) in [5.74, 6) is 0.999. The summed E-state index contributed by atoms with van der Waals surface area (Å²) in [5, 5.41) is 19.2. The van der Waals surface area contributed by atoms with Crippen LogP contribution in [-0.4, -0.2) is 48.8 Å². The normalized spacial score (nSPS) is 15.0. The fourth-order valence-electron chi connectivity index (χ4n) is 2.07. The van der Waals surface area contributed by atoms with E-state index in [4.69, 9.17) is 9.47 Å². The second-order valence-corrected chi connectivity index (χ2v) is 6.42. The van der Waals surface area contributed by atoms with Gasteiger partial charge in [-0.2, -0.15) is 0 Å². The molecule has 0 aliphatic heterocycles. The molecule has 4 heteroatoms. The summed E-state index contributed by atoms with van der Waals surface area (Å²) in [6.45, 7) is 10.5. The minimum Gasteiger partial charge on any atom is -0.391 e. The third-order valence-electron chi connectivity index (χ3n) is 2.93. The highest BCUT2D eigenvalue weighted by Crippen LogP contribution is 2.06. The first-order valence-corrected chi connectivity index (χ1v) is 7.93. The van der Waals surface area contributed by atoms with Gasteiger partial charge in [-0.25, -0.2) is 0 Å². The largest absolute Gasteiger partial charge is 0.391 e. The molecule has 0 saturated carbocycles. The van der Waals surface area contributed by atoms with E-state index >= 15 is 0 Å². The van der Waals surface area contributed by atoms with Gasteiger partial charge in [-0.3, -0.25) is 0 Å². The molecular formula is C16H34O4. The zero-order valence-corrected chi connectivity index (χ0v) is 13.7. The highest BCUT2D eigenvalue weighted by Gasteiger charge is 2.07. The first-order chi connectivity index (χ1) is 9.41. The fourth-order valence-corrected chi connectivity index (χ4v) is 2.07. The van der Waals surface area contributed by atoms with Crippen LogP contribution < -0.4 is 0 Å². The van der Waals surface area contributed by atoms with Gasteiger partial charge in [0.15, 0.2) is 0 Å². The third kappa shape index (κ3) is 14.3. The van der Waals surface area contributed by atoms with Gasteiger partial charge in [0.05, 0.1) is 25.4 Å². The van der Waals surface area contributed by atoms with Crippen molar-refractivity contribution in [1.82, 2.24) is 0 Å². The van der Waals surface area contributed by atoms with Crippen LogP contribution in [-0.2, 0) is 9.47 Å². The highest BCUT2D eigenvalue weighted by molar-refractivity contribution is 4.58. The molecule has 0 rings (SSSR count). The number of rotatable bonds is 13. The summed E-state index contributed by atoms with van der Waals surface area (Å²) in [6.07, 6.45) is 2.73. The van der Waals surface area contributed by atoms with Crippen LogP contribution in [0.3, 0.4) is 0 Å². The average molecular weight is 290 g/mol. The van der Waals surface area contributed by atoms with Crippen LogP contribution in [0.25, 0.3) is 0 Å². The SMILES string of the molecule is CC(C)CC(O)COCCCCOCC(O)CC(C)C. The van der Waals surface area contributed by atoms with Gasteiger partial charge >= 0.3 is 0 Å². The number of unbranched alkanes of at least 4 members (excludes halogenated alkanes) is 1. The number of ether oxygens (including phenoxy) is 2. The van der Waals surface area contributed by atoms with E-state index in [-0.39, 0.29) is 12.2 Å². The zero-order valence-electron chi connectivity index (χ0n) is 13.7. The first kappa shape index (κ1) is 19.8. The maximum Gasteiger partial charge on any atom is 0.0776 e. The van der Waals surface area contributed by atoms with Gasteiger partial charge in [0.1, 0.15) is 0 Å². The van der Waals surface area contributed by atoms with Crippen LogP contribution in [0, 0.1) is 11.8 Å². The summed E-state index contributed by atoms with van der Waals surface area (Å²) in [5.41, 5.74) is 0. The van der Waals surface area contributed by atoms with Crippen molar-refractivity contribution in [3.05, 3.63) is 0 Å². The lowest BCUT2D eigenvalue weighted by Gasteiger charge is -2.14. The Labute approximate surface area is 124 Å². The van der Waals surface area contributed by atoms with E-state index in [2.05, 4.69) is 27.7 Å². The lowest BCUT2D eigenvalue weighted by atomic mass is 10.1. The predicted octanol–water partition coefficient (Wildman–Crippen LogP) is 2.61. The van der Waals surface area contributed by atoms with Crippen molar-refractivity contribution < 1.29 is 19.7 Å². The van der Waals surface area contributed by atoms with Gasteiger partial charge in [-0.05, 0) is 37.5 Å². The van der Waals surface area contributed by atoms with Crippen LogP contribution in [0.4, 0.5) is 0 Å². The Bertz CT molecular complexity index is 185. The van der Waals surface area contributed by atoms with Crippen molar-refractivity contribution in [3.63, 3.8) is 0 Å². The van der Waals surface area contributed by atoms with Crippen molar-refractivity contribution in [2.45, 2.75) is 65.6 Å². The van der Waals surface area contributed by atoms with Gasteiger partial charge in [-0.15, -0.1) is 0 Å². The number of aliphatic hydroxyl groups excluding tert-OH is 2. The summed E-state index contributed by atoms with van der Waals surface area (Å²) in [6, 6.07) is 0. The Morgan fingerprint density at radius 3 is 1.35 bits per heavy atom. The molecular weight excluding hydrogens is 256 g/mol. The van der Waals surface area contributed by atoms with Crippen molar-refractivity contribution in [1.29, 1.82) is 0 Å². The van der Waals surface area contributed by atoms with Gasteiger partial charge in [0.2, 0.25) is 0 Å². The Morgan fingerprint density at radius 1 is 0.700 bits per heavy atom. The Kier molecular flexibility index (Phi) is 12.5. The van der Waals surface area contributed by atoms with Gasteiger partial charge in [0, 0.05) is 13.2 Å².